The van der Waals surface area contributed by atoms with Crippen molar-refractivity contribution in [1.29, 1.82) is 0 Å². The minimum atomic E-state index is -3.72. The van der Waals surface area contributed by atoms with Gasteiger partial charge in [-0.15, -0.1) is 0 Å². The Hall–Kier alpha value is -2.43. The van der Waals surface area contributed by atoms with E-state index in [2.05, 4.69) is 5.16 Å². The van der Waals surface area contributed by atoms with Gasteiger partial charge in [0, 0.05) is 33.3 Å². The van der Waals surface area contributed by atoms with E-state index >= 15 is 0 Å². The molecule has 0 saturated carbocycles. The number of methoxy groups -OCH3 is 1. The highest BCUT2D eigenvalue weighted by Gasteiger charge is 2.34. The van der Waals surface area contributed by atoms with Gasteiger partial charge in [-0.3, -0.25) is 4.79 Å². The van der Waals surface area contributed by atoms with Crippen molar-refractivity contribution in [3.8, 4) is 5.75 Å². The molecule has 1 fully saturated rings. The number of hydrogen-bond acceptors (Lipinski definition) is 7. The monoisotopic (exact) mass is 423 g/mol. The lowest BCUT2D eigenvalue weighted by molar-refractivity contribution is 0.0691. The molecule has 0 spiro atoms. The van der Waals surface area contributed by atoms with Crippen molar-refractivity contribution < 1.29 is 27.2 Å². The van der Waals surface area contributed by atoms with Crippen molar-refractivity contribution in [2.75, 3.05) is 46.5 Å². The van der Waals surface area contributed by atoms with Gasteiger partial charge < -0.3 is 18.9 Å². The van der Waals surface area contributed by atoms with E-state index < -0.39 is 10.0 Å². The summed E-state index contributed by atoms with van der Waals surface area (Å²) in [6.45, 7) is 4.90. The third-order valence-electron chi connectivity index (χ3n) is 4.75. The highest BCUT2D eigenvalue weighted by molar-refractivity contribution is 7.89. The molecular weight excluding hydrogens is 398 g/mol. The molecule has 1 aromatic carbocycles. The fraction of sp³-hybridized carbons (Fsp3) is 0.474. The number of ether oxygens (including phenoxy) is 2. The molecule has 9 nitrogen and oxygen atoms in total. The number of para-hydroxylation sites is 1. The normalized spacial score (nSPS) is 15.5. The molecule has 10 heteroatoms. The van der Waals surface area contributed by atoms with Crippen LogP contribution in [0.15, 0.2) is 33.7 Å². The number of rotatable bonds is 7. The van der Waals surface area contributed by atoms with E-state index in [1.54, 1.807) is 50.1 Å². The first-order valence-corrected chi connectivity index (χ1v) is 10.7. The Morgan fingerprint density at radius 2 is 1.83 bits per heavy atom. The summed E-state index contributed by atoms with van der Waals surface area (Å²) >= 11 is 0. The predicted octanol–water partition coefficient (Wildman–Crippen LogP) is 1.46. The van der Waals surface area contributed by atoms with Crippen LogP contribution in [0.2, 0.25) is 0 Å². The molecule has 1 aliphatic heterocycles. The summed E-state index contributed by atoms with van der Waals surface area (Å²) in [5.41, 5.74) is 0.786. The van der Waals surface area contributed by atoms with Crippen LogP contribution in [0.5, 0.6) is 5.75 Å². The molecule has 1 amide bonds. The number of carbonyl (C=O) groups is 1. The van der Waals surface area contributed by atoms with Crippen LogP contribution in [0, 0.1) is 13.8 Å². The molecule has 1 aliphatic rings. The summed E-state index contributed by atoms with van der Waals surface area (Å²) in [7, 11) is -2.14. The molecule has 0 atom stereocenters. The molecular formula is C19H25N3O6S. The fourth-order valence-electron chi connectivity index (χ4n) is 3.28. The molecule has 3 rings (SSSR count). The number of amides is 1. The summed E-state index contributed by atoms with van der Waals surface area (Å²) in [5.74, 6) is 0.566. The smallest absolute Gasteiger partial charge is 0.257 e. The van der Waals surface area contributed by atoms with Crippen LogP contribution in [0.25, 0.3) is 0 Å². The maximum Gasteiger partial charge on any atom is 0.257 e. The molecule has 29 heavy (non-hydrogen) atoms. The van der Waals surface area contributed by atoms with Crippen LogP contribution in [-0.4, -0.2) is 75.2 Å². The van der Waals surface area contributed by atoms with Crippen LogP contribution in [0.1, 0.15) is 21.8 Å². The topological polar surface area (TPSA) is 102 Å². The van der Waals surface area contributed by atoms with Gasteiger partial charge >= 0.3 is 0 Å². The quantitative estimate of drug-likeness (QED) is 0.621. The minimum absolute atomic E-state index is 0.106. The molecule has 0 radical (unpaired) electrons. The third kappa shape index (κ3) is 4.44. The van der Waals surface area contributed by atoms with Crippen molar-refractivity contribution in [1.82, 2.24) is 14.4 Å². The first-order valence-electron chi connectivity index (χ1n) is 9.29. The predicted molar refractivity (Wildman–Crippen MR) is 104 cm³/mol. The average Bonchev–Trinajstić information content (AvgIpc) is 3.07. The summed E-state index contributed by atoms with van der Waals surface area (Å²) in [6.07, 6.45) is 0. The number of sulfonamides is 1. The lowest BCUT2D eigenvalue weighted by Gasteiger charge is -2.34. The lowest BCUT2D eigenvalue weighted by Crippen LogP contribution is -2.50. The molecule has 2 aromatic rings. The second-order valence-electron chi connectivity index (χ2n) is 6.69. The summed E-state index contributed by atoms with van der Waals surface area (Å²) in [6, 6.07) is 7.01. The van der Waals surface area contributed by atoms with Crippen LogP contribution < -0.4 is 4.74 Å². The SMILES string of the molecule is COCCOc1ccccc1C(=O)N1CCN(S(=O)(=O)c2c(C)noc2C)CC1. The fourth-order valence-corrected chi connectivity index (χ4v) is 4.99. The van der Waals surface area contributed by atoms with Crippen molar-refractivity contribution in [3.63, 3.8) is 0 Å². The Labute approximate surface area is 170 Å². The molecule has 0 aliphatic carbocycles. The third-order valence-corrected chi connectivity index (χ3v) is 6.90. The average molecular weight is 423 g/mol. The molecule has 0 N–H and O–H groups in total. The second-order valence-corrected chi connectivity index (χ2v) is 8.56. The number of hydrogen-bond donors (Lipinski definition) is 0. The van der Waals surface area contributed by atoms with Gasteiger partial charge in [0.05, 0.1) is 12.2 Å². The van der Waals surface area contributed by atoms with Gasteiger partial charge in [0.2, 0.25) is 10.0 Å². The van der Waals surface area contributed by atoms with Gasteiger partial charge in [0.25, 0.3) is 5.91 Å². The van der Waals surface area contributed by atoms with Crippen LogP contribution >= 0.6 is 0 Å². The van der Waals surface area contributed by atoms with Gasteiger partial charge in [-0.25, -0.2) is 8.42 Å². The number of benzene rings is 1. The maximum absolute atomic E-state index is 13.0. The van der Waals surface area contributed by atoms with Gasteiger partial charge in [0.15, 0.2) is 5.76 Å². The second kappa shape index (κ2) is 8.93. The number of aromatic nitrogens is 1. The Bertz CT molecular complexity index is 945. The van der Waals surface area contributed by atoms with Crippen molar-refractivity contribution >= 4 is 15.9 Å². The zero-order chi connectivity index (χ0) is 21.0. The van der Waals surface area contributed by atoms with Crippen LogP contribution in [-0.2, 0) is 14.8 Å². The van der Waals surface area contributed by atoms with Gasteiger partial charge in [0.1, 0.15) is 22.9 Å². The van der Waals surface area contributed by atoms with Gasteiger partial charge in [-0.05, 0) is 26.0 Å². The van der Waals surface area contributed by atoms with Crippen molar-refractivity contribution in [3.05, 3.63) is 41.3 Å². The number of piperazine rings is 1. The van der Waals surface area contributed by atoms with E-state index in [4.69, 9.17) is 14.0 Å². The van der Waals surface area contributed by atoms with E-state index in [1.165, 1.54) is 4.31 Å². The Kier molecular flexibility index (Phi) is 6.56. The van der Waals surface area contributed by atoms with E-state index in [0.717, 1.165) is 0 Å². The highest BCUT2D eigenvalue weighted by Crippen LogP contribution is 2.25. The maximum atomic E-state index is 13.0. The lowest BCUT2D eigenvalue weighted by atomic mass is 10.1. The number of nitrogens with zero attached hydrogens (tertiary/aromatic N) is 3. The van der Waals surface area contributed by atoms with Gasteiger partial charge in [-0.2, -0.15) is 4.31 Å². The van der Waals surface area contributed by atoms with Crippen molar-refractivity contribution in [2.45, 2.75) is 18.7 Å². The molecule has 0 bridgehead atoms. The summed E-state index contributed by atoms with van der Waals surface area (Å²) < 4.78 is 42.8. The Morgan fingerprint density at radius 1 is 1.14 bits per heavy atom. The standard InChI is InChI=1S/C19H25N3O6S/c1-14-18(15(2)28-20-14)29(24,25)22-10-8-21(9-11-22)19(23)16-6-4-5-7-17(16)27-13-12-26-3/h4-7H,8-13H2,1-3H3. The zero-order valence-corrected chi connectivity index (χ0v) is 17.6. The van der Waals surface area contributed by atoms with E-state index in [1.807, 2.05) is 0 Å². The largest absolute Gasteiger partial charge is 0.490 e. The molecule has 1 aromatic heterocycles. The molecule has 0 unspecified atom stereocenters. The first-order chi connectivity index (χ1) is 13.9. The molecule has 158 valence electrons. The van der Waals surface area contributed by atoms with E-state index in [-0.39, 0.29) is 42.7 Å². The van der Waals surface area contributed by atoms with E-state index in [9.17, 15) is 13.2 Å². The molecule has 2 heterocycles. The summed E-state index contributed by atoms with van der Waals surface area (Å²) in [5, 5.41) is 3.73. The first kappa shape index (κ1) is 21.3. The Morgan fingerprint density at radius 3 is 2.45 bits per heavy atom. The van der Waals surface area contributed by atoms with Crippen LogP contribution in [0.3, 0.4) is 0 Å². The zero-order valence-electron chi connectivity index (χ0n) is 16.8. The number of aryl methyl sites for hydroxylation is 2. The summed E-state index contributed by atoms with van der Waals surface area (Å²) in [4.78, 5) is 14.7. The van der Waals surface area contributed by atoms with E-state index in [0.29, 0.717) is 30.2 Å². The Balaban J connectivity index is 1.69. The van der Waals surface area contributed by atoms with Crippen LogP contribution in [0.4, 0.5) is 0 Å². The van der Waals surface area contributed by atoms with Gasteiger partial charge in [-0.1, -0.05) is 17.3 Å². The van der Waals surface area contributed by atoms with Crippen molar-refractivity contribution in [2.24, 2.45) is 0 Å². The molecule has 1 saturated heterocycles. The minimum Gasteiger partial charge on any atom is -0.490 e. The number of carbonyl (C=O) groups excluding carboxylic acids is 1. The highest BCUT2D eigenvalue weighted by atomic mass is 32.2.